The van der Waals surface area contributed by atoms with E-state index >= 15 is 0 Å². The fourth-order valence-electron chi connectivity index (χ4n) is 3.08. The van der Waals surface area contributed by atoms with Gasteiger partial charge in [-0.15, -0.1) is 0 Å². The van der Waals surface area contributed by atoms with Crippen LogP contribution in [-0.4, -0.2) is 15.1 Å². The van der Waals surface area contributed by atoms with Crippen molar-refractivity contribution in [3.05, 3.63) is 41.3 Å². The molecule has 22 heavy (non-hydrogen) atoms. The van der Waals surface area contributed by atoms with Crippen LogP contribution in [0.4, 0.5) is 0 Å². The van der Waals surface area contributed by atoms with Gasteiger partial charge < -0.3 is 10.3 Å². The largest absolute Gasteiger partial charge is 0.334 e. The molecule has 1 aliphatic rings. The Morgan fingerprint density at radius 3 is 2.86 bits per heavy atom. The van der Waals surface area contributed by atoms with Gasteiger partial charge in [-0.3, -0.25) is 4.98 Å². The molecule has 0 unspecified atom stereocenters. The zero-order valence-corrected chi connectivity index (χ0v) is 12.7. The molecule has 2 aromatic heterocycles. The Morgan fingerprint density at radius 1 is 1.23 bits per heavy atom. The van der Waals surface area contributed by atoms with Crippen LogP contribution in [0.25, 0.3) is 22.4 Å². The van der Waals surface area contributed by atoms with Crippen LogP contribution in [-0.2, 0) is 5.54 Å². The number of aromatic nitrogens is 3. The first kappa shape index (κ1) is 13.7. The molecule has 0 radical (unpaired) electrons. The first-order valence-electron chi connectivity index (χ1n) is 7.33. The second-order valence-corrected chi connectivity index (χ2v) is 6.25. The maximum atomic E-state index is 6.39. The van der Waals surface area contributed by atoms with Gasteiger partial charge in [-0.25, -0.2) is 0 Å². The molecule has 1 aliphatic carbocycles. The van der Waals surface area contributed by atoms with E-state index in [1.165, 1.54) is 0 Å². The number of benzene rings is 1. The van der Waals surface area contributed by atoms with Gasteiger partial charge in [0.05, 0.1) is 16.6 Å². The van der Waals surface area contributed by atoms with Gasteiger partial charge in [0.25, 0.3) is 5.89 Å². The molecular weight excluding hydrogens is 300 g/mol. The van der Waals surface area contributed by atoms with E-state index in [9.17, 15) is 0 Å². The standard InChI is InChI=1S/C16H15ClN4O/c17-11-8-10-4-3-7-19-13(10)12(9-11)14-20-15(21-22-14)16(18)5-1-2-6-16/h3-4,7-9H,1-2,5-6,18H2. The van der Waals surface area contributed by atoms with Gasteiger partial charge in [-0.05, 0) is 31.0 Å². The van der Waals surface area contributed by atoms with Crippen LogP contribution < -0.4 is 5.73 Å². The molecule has 0 aliphatic heterocycles. The fourth-order valence-corrected chi connectivity index (χ4v) is 3.31. The van der Waals surface area contributed by atoms with Crippen molar-refractivity contribution in [2.24, 2.45) is 5.73 Å². The van der Waals surface area contributed by atoms with Crippen LogP contribution in [0, 0.1) is 0 Å². The lowest BCUT2D eigenvalue weighted by Crippen LogP contribution is -2.34. The van der Waals surface area contributed by atoms with E-state index in [4.69, 9.17) is 21.9 Å². The average molecular weight is 315 g/mol. The molecule has 0 atom stereocenters. The number of rotatable bonds is 2. The quantitative estimate of drug-likeness (QED) is 0.781. The van der Waals surface area contributed by atoms with Crippen molar-refractivity contribution in [2.45, 2.75) is 31.2 Å². The molecule has 1 saturated carbocycles. The second-order valence-electron chi connectivity index (χ2n) is 5.81. The molecule has 6 heteroatoms. The molecule has 0 spiro atoms. The predicted octanol–water partition coefficient (Wildman–Crippen LogP) is 3.67. The number of nitrogens with two attached hydrogens (primary N) is 1. The van der Waals surface area contributed by atoms with Crippen LogP contribution in [0.2, 0.25) is 5.02 Å². The summed E-state index contributed by atoms with van der Waals surface area (Å²) in [6, 6.07) is 7.49. The molecular formula is C16H15ClN4O. The van der Waals surface area contributed by atoms with E-state index in [1.54, 1.807) is 12.3 Å². The van der Waals surface area contributed by atoms with Gasteiger partial charge in [0.1, 0.15) is 0 Å². The molecule has 0 bridgehead atoms. The Morgan fingerprint density at radius 2 is 2.05 bits per heavy atom. The molecule has 0 saturated heterocycles. The van der Waals surface area contributed by atoms with Crippen molar-refractivity contribution < 1.29 is 4.52 Å². The smallest absolute Gasteiger partial charge is 0.260 e. The zero-order valence-electron chi connectivity index (χ0n) is 11.9. The molecule has 5 nitrogen and oxygen atoms in total. The van der Waals surface area contributed by atoms with E-state index in [1.807, 2.05) is 18.2 Å². The predicted molar refractivity (Wildman–Crippen MR) is 84.4 cm³/mol. The molecule has 3 aromatic rings. The van der Waals surface area contributed by atoms with Gasteiger partial charge in [0, 0.05) is 16.6 Å². The summed E-state index contributed by atoms with van der Waals surface area (Å²) < 4.78 is 5.45. The minimum absolute atomic E-state index is 0.415. The number of hydrogen-bond donors (Lipinski definition) is 1. The van der Waals surface area contributed by atoms with Crippen molar-refractivity contribution >= 4 is 22.5 Å². The van der Waals surface area contributed by atoms with Gasteiger partial charge >= 0.3 is 0 Å². The summed E-state index contributed by atoms with van der Waals surface area (Å²) in [6.07, 6.45) is 5.71. The van der Waals surface area contributed by atoms with Crippen LogP contribution in [0.3, 0.4) is 0 Å². The third-order valence-electron chi connectivity index (χ3n) is 4.27. The Balaban J connectivity index is 1.84. The number of nitrogens with zero attached hydrogens (tertiary/aromatic N) is 3. The lowest BCUT2D eigenvalue weighted by molar-refractivity contribution is 0.373. The molecule has 2 heterocycles. The molecule has 1 aromatic carbocycles. The van der Waals surface area contributed by atoms with Crippen molar-refractivity contribution in [2.75, 3.05) is 0 Å². The normalized spacial score (nSPS) is 17.2. The van der Waals surface area contributed by atoms with Crippen molar-refractivity contribution in [3.63, 3.8) is 0 Å². The van der Waals surface area contributed by atoms with E-state index in [-0.39, 0.29) is 0 Å². The monoisotopic (exact) mass is 314 g/mol. The van der Waals surface area contributed by atoms with Crippen molar-refractivity contribution in [1.29, 1.82) is 0 Å². The topological polar surface area (TPSA) is 77.8 Å². The maximum Gasteiger partial charge on any atom is 0.260 e. The SMILES string of the molecule is NC1(c2noc(-c3cc(Cl)cc4cccnc34)n2)CCCC1. The summed E-state index contributed by atoms with van der Waals surface area (Å²) in [6.45, 7) is 0. The summed E-state index contributed by atoms with van der Waals surface area (Å²) in [5.41, 5.74) is 7.45. The molecule has 0 amide bonds. The highest BCUT2D eigenvalue weighted by atomic mass is 35.5. The number of hydrogen-bond acceptors (Lipinski definition) is 5. The second kappa shape index (κ2) is 5.04. The van der Waals surface area contributed by atoms with Crippen molar-refractivity contribution in [1.82, 2.24) is 15.1 Å². The Kier molecular flexibility index (Phi) is 3.13. The van der Waals surface area contributed by atoms with E-state index in [0.29, 0.717) is 16.7 Å². The lowest BCUT2D eigenvalue weighted by atomic mass is 9.98. The Labute approximate surface area is 132 Å². The van der Waals surface area contributed by atoms with E-state index in [0.717, 1.165) is 42.1 Å². The van der Waals surface area contributed by atoms with Crippen LogP contribution in [0.1, 0.15) is 31.5 Å². The van der Waals surface area contributed by atoms with Crippen LogP contribution >= 0.6 is 11.6 Å². The zero-order chi connectivity index (χ0) is 15.2. The van der Waals surface area contributed by atoms with E-state index in [2.05, 4.69) is 15.1 Å². The first-order chi connectivity index (χ1) is 10.7. The summed E-state index contributed by atoms with van der Waals surface area (Å²) in [4.78, 5) is 8.93. The summed E-state index contributed by atoms with van der Waals surface area (Å²) >= 11 is 6.19. The molecule has 1 fully saturated rings. The van der Waals surface area contributed by atoms with Crippen molar-refractivity contribution in [3.8, 4) is 11.5 Å². The van der Waals surface area contributed by atoms with Gasteiger partial charge in [0.2, 0.25) is 0 Å². The Bertz CT molecular complexity index is 839. The number of fused-ring (bicyclic) bond motifs is 1. The fraction of sp³-hybridized carbons (Fsp3) is 0.312. The summed E-state index contributed by atoms with van der Waals surface area (Å²) in [5.74, 6) is 0.988. The highest BCUT2D eigenvalue weighted by molar-refractivity contribution is 6.31. The summed E-state index contributed by atoms with van der Waals surface area (Å²) in [5, 5.41) is 5.65. The number of pyridine rings is 1. The molecule has 4 rings (SSSR count). The molecule has 112 valence electrons. The average Bonchev–Trinajstić information content (AvgIpc) is 3.16. The molecule has 2 N–H and O–H groups in total. The maximum absolute atomic E-state index is 6.39. The Hall–Kier alpha value is -1.98. The third-order valence-corrected chi connectivity index (χ3v) is 4.49. The van der Waals surface area contributed by atoms with Gasteiger partial charge in [-0.2, -0.15) is 4.98 Å². The highest BCUT2D eigenvalue weighted by Crippen LogP contribution is 2.36. The van der Waals surface area contributed by atoms with Crippen LogP contribution in [0.5, 0.6) is 0 Å². The highest BCUT2D eigenvalue weighted by Gasteiger charge is 2.36. The van der Waals surface area contributed by atoms with Gasteiger partial charge in [-0.1, -0.05) is 35.7 Å². The lowest BCUT2D eigenvalue weighted by Gasteiger charge is -2.17. The van der Waals surface area contributed by atoms with E-state index < -0.39 is 5.54 Å². The minimum Gasteiger partial charge on any atom is -0.334 e. The van der Waals surface area contributed by atoms with Crippen LogP contribution in [0.15, 0.2) is 35.0 Å². The van der Waals surface area contributed by atoms with Gasteiger partial charge in [0.15, 0.2) is 5.82 Å². The minimum atomic E-state index is -0.469. The first-order valence-corrected chi connectivity index (χ1v) is 7.71. The third kappa shape index (κ3) is 2.17. The number of halogens is 1. The summed E-state index contributed by atoms with van der Waals surface area (Å²) in [7, 11) is 0.